The van der Waals surface area contributed by atoms with Crippen molar-refractivity contribution in [1.82, 2.24) is 10.2 Å². The van der Waals surface area contributed by atoms with Crippen LogP contribution in [0.25, 0.3) is 10.9 Å². The maximum Gasteiger partial charge on any atom is 0.120 e. The Kier molecular flexibility index (Phi) is 1.96. The number of benzene rings is 1. The van der Waals surface area contributed by atoms with Gasteiger partial charge in [-0.25, -0.2) is 0 Å². The summed E-state index contributed by atoms with van der Waals surface area (Å²) in [5, 5.41) is 8.51. The van der Waals surface area contributed by atoms with Gasteiger partial charge in [0.2, 0.25) is 0 Å². The molecular weight excluding hydrogens is 200 g/mol. The third-order valence-electron chi connectivity index (χ3n) is 3.28. The number of nitrogens with one attached hydrogen (secondary N) is 1. The van der Waals surface area contributed by atoms with Crippen molar-refractivity contribution < 1.29 is 4.74 Å². The van der Waals surface area contributed by atoms with Crippen LogP contribution >= 0.6 is 0 Å². The molecule has 1 aliphatic carbocycles. The lowest BCUT2D eigenvalue weighted by Gasteiger charge is -2.12. The number of hydrogen-bond acceptors (Lipinski definition) is 2. The minimum Gasteiger partial charge on any atom is -0.488 e. The molecule has 0 unspecified atom stereocenters. The van der Waals surface area contributed by atoms with Gasteiger partial charge in [0.15, 0.2) is 0 Å². The van der Waals surface area contributed by atoms with Crippen LogP contribution < -0.4 is 4.74 Å². The molecule has 3 rings (SSSR count). The van der Waals surface area contributed by atoms with E-state index in [1.807, 2.05) is 12.1 Å². The van der Waals surface area contributed by atoms with Crippen LogP contribution in [-0.2, 0) is 6.42 Å². The molecule has 0 saturated heterocycles. The van der Waals surface area contributed by atoms with Crippen molar-refractivity contribution in [2.24, 2.45) is 0 Å². The molecule has 1 aromatic heterocycles. The Morgan fingerprint density at radius 2 is 2.25 bits per heavy atom. The van der Waals surface area contributed by atoms with Crippen LogP contribution in [0.4, 0.5) is 0 Å². The standard InChI is InChI=1S/C13H16N2O/c1-3-11-10-8-9(16-13(2)6-7-13)4-5-12(10)15-14-11/h4-5,8H,3,6-7H2,1-2H3,(H,14,15). The molecule has 0 spiro atoms. The van der Waals surface area contributed by atoms with E-state index in [0.717, 1.165) is 30.5 Å². The number of aromatic amines is 1. The molecule has 0 bridgehead atoms. The minimum atomic E-state index is 0.0871. The van der Waals surface area contributed by atoms with Crippen molar-refractivity contribution in [3.8, 4) is 5.75 Å². The van der Waals surface area contributed by atoms with Gasteiger partial charge in [-0.2, -0.15) is 5.10 Å². The molecule has 1 aliphatic rings. The minimum absolute atomic E-state index is 0.0871. The summed E-state index contributed by atoms with van der Waals surface area (Å²) in [6.45, 7) is 4.29. The van der Waals surface area contributed by atoms with E-state index in [9.17, 15) is 0 Å². The molecule has 0 radical (unpaired) electrons. The molecule has 1 fully saturated rings. The lowest BCUT2D eigenvalue weighted by Crippen LogP contribution is -2.11. The van der Waals surface area contributed by atoms with Crippen molar-refractivity contribution in [2.45, 2.75) is 38.7 Å². The van der Waals surface area contributed by atoms with Gasteiger partial charge in [-0.3, -0.25) is 5.10 Å². The average Bonchev–Trinajstić information content (AvgIpc) is 2.87. The first-order valence-corrected chi connectivity index (χ1v) is 5.86. The van der Waals surface area contributed by atoms with Gasteiger partial charge in [0.1, 0.15) is 11.4 Å². The highest BCUT2D eigenvalue weighted by Crippen LogP contribution is 2.40. The number of aryl methyl sites for hydroxylation is 1. The number of ether oxygens (including phenoxy) is 1. The van der Waals surface area contributed by atoms with E-state index in [2.05, 4.69) is 30.1 Å². The van der Waals surface area contributed by atoms with Gasteiger partial charge in [0.05, 0.1) is 5.52 Å². The van der Waals surface area contributed by atoms with E-state index in [-0.39, 0.29) is 5.60 Å². The van der Waals surface area contributed by atoms with E-state index in [4.69, 9.17) is 4.74 Å². The molecule has 0 aliphatic heterocycles. The number of aromatic nitrogens is 2. The van der Waals surface area contributed by atoms with Crippen LogP contribution in [0.15, 0.2) is 18.2 Å². The highest BCUT2D eigenvalue weighted by molar-refractivity contribution is 5.82. The Balaban J connectivity index is 2.00. The summed E-state index contributed by atoms with van der Waals surface area (Å²) in [7, 11) is 0. The second kappa shape index (κ2) is 3.24. The van der Waals surface area contributed by atoms with E-state index in [1.54, 1.807) is 0 Å². The molecule has 1 aromatic carbocycles. The quantitative estimate of drug-likeness (QED) is 0.856. The first kappa shape index (κ1) is 9.70. The van der Waals surface area contributed by atoms with Gasteiger partial charge in [-0.1, -0.05) is 6.92 Å². The van der Waals surface area contributed by atoms with Gasteiger partial charge in [0.25, 0.3) is 0 Å². The Hall–Kier alpha value is -1.51. The SMILES string of the molecule is CCc1[nH]nc2ccc(OC3(C)CC3)cc12. The van der Waals surface area contributed by atoms with Gasteiger partial charge >= 0.3 is 0 Å². The second-order valence-corrected chi connectivity index (χ2v) is 4.79. The van der Waals surface area contributed by atoms with Crippen LogP contribution in [0.5, 0.6) is 5.75 Å². The predicted molar refractivity (Wildman–Crippen MR) is 63.7 cm³/mol. The fourth-order valence-corrected chi connectivity index (χ4v) is 1.94. The molecule has 16 heavy (non-hydrogen) atoms. The van der Waals surface area contributed by atoms with E-state index in [1.165, 1.54) is 11.1 Å². The number of rotatable bonds is 3. The van der Waals surface area contributed by atoms with E-state index >= 15 is 0 Å². The molecule has 1 heterocycles. The van der Waals surface area contributed by atoms with Crippen molar-refractivity contribution in [1.29, 1.82) is 0 Å². The molecule has 3 heteroatoms. The molecule has 1 saturated carbocycles. The Labute approximate surface area is 94.8 Å². The smallest absolute Gasteiger partial charge is 0.120 e. The summed E-state index contributed by atoms with van der Waals surface area (Å²) in [4.78, 5) is 0. The van der Waals surface area contributed by atoms with Gasteiger partial charge in [0, 0.05) is 11.1 Å². The molecular formula is C13H16N2O. The summed E-state index contributed by atoms with van der Waals surface area (Å²) in [5.74, 6) is 0.962. The van der Waals surface area contributed by atoms with Gasteiger partial charge < -0.3 is 4.74 Å². The largest absolute Gasteiger partial charge is 0.488 e. The van der Waals surface area contributed by atoms with Crippen molar-refractivity contribution >= 4 is 10.9 Å². The van der Waals surface area contributed by atoms with Gasteiger partial charge in [-0.05, 0) is 44.4 Å². The molecule has 3 nitrogen and oxygen atoms in total. The van der Waals surface area contributed by atoms with Crippen LogP contribution in [-0.4, -0.2) is 15.8 Å². The van der Waals surface area contributed by atoms with Crippen molar-refractivity contribution in [3.05, 3.63) is 23.9 Å². The third-order valence-corrected chi connectivity index (χ3v) is 3.28. The number of H-pyrrole nitrogens is 1. The summed E-state index contributed by atoms with van der Waals surface area (Å²) < 4.78 is 5.95. The van der Waals surface area contributed by atoms with E-state index < -0.39 is 0 Å². The van der Waals surface area contributed by atoms with Crippen LogP contribution in [0.3, 0.4) is 0 Å². The Morgan fingerprint density at radius 3 is 2.94 bits per heavy atom. The summed E-state index contributed by atoms with van der Waals surface area (Å²) >= 11 is 0. The van der Waals surface area contributed by atoms with E-state index in [0.29, 0.717) is 0 Å². The number of nitrogens with zero attached hydrogens (tertiary/aromatic N) is 1. The lowest BCUT2D eigenvalue weighted by atomic mass is 10.1. The third kappa shape index (κ3) is 1.56. The summed E-state index contributed by atoms with van der Waals surface area (Å²) in [6, 6.07) is 6.12. The van der Waals surface area contributed by atoms with Crippen LogP contribution in [0, 0.1) is 0 Å². The molecule has 0 atom stereocenters. The normalized spacial score (nSPS) is 17.6. The summed E-state index contributed by atoms with van der Waals surface area (Å²) in [5.41, 5.74) is 2.29. The monoisotopic (exact) mass is 216 g/mol. The van der Waals surface area contributed by atoms with Crippen LogP contribution in [0.2, 0.25) is 0 Å². The fraction of sp³-hybridized carbons (Fsp3) is 0.462. The highest BCUT2D eigenvalue weighted by Gasteiger charge is 2.40. The molecule has 84 valence electrons. The zero-order chi connectivity index (χ0) is 11.2. The molecule has 1 N–H and O–H groups in total. The lowest BCUT2D eigenvalue weighted by molar-refractivity contribution is 0.200. The zero-order valence-electron chi connectivity index (χ0n) is 9.71. The molecule has 0 amide bonds. The first-order valence-electron chi connectivity index (χ1n) is 5.86. The Morgan fingerprint density at radius 1 is 1.44 bits per heavy atom. The summed E-state index contributed by atoms with van der Waals surface area (Å²) in [6.07, 6.45) is 3.30. The zero-order valence-corrected chi connectivity index (χ0v) is 9.71. The van der Waals surface area contributed by atoms with Gasteiger partial charge in [-0.15, -0.1) is 0 Å². The predicted octanol–water partition coefficient (Wildman–Crippen LogP) is 3.06. The van der Waals surface area contributed by atoms with Crippen molar-refractivity contribution in [3.63, 3.8) is 0 Å². The maximum absolute atomic E-state index is 5.95. The van der Waals surface area contributed by atoms with Crippen molar-refractivity contribution in [2.75, 3.05) is 0 Å². The number of fused-ring (bicyclic) bond motifs is 1. The average molecular weight is 216 g/mol. The highest BCUT2D eigenvalue weighted by atomic mass is 16.5. The fourth-order valence-electron chi connectivity index (χ4n) is 1.94. The molecule has 2 aromatic rings. The Bertz CT molecular complexity index is 526. The first-order chi connectivity index (χ1) is 7.70. The topological polar surface area (TPSA) is 37.9 Å². The number of hydrogen-bond donors (Lipinski definition) is 1. The van der Waals surface area contributed by atoms with Crippen LogP contribution in [0.1, 0.15) is 32.4 Å². The maximum atomic E-state index is 5.95. The second-order valence-electron chi connectivity index (χ2n) is 4.79.